The molecule has 1 aromatic heterocycles. The van der Waals surface area contributed by atoms with E-state index in [9.17, 15) is 14.0 Å². The summed E-state index contributed by atoms with van der Waals surface area (Å²) in [6, 6.07) is 14.0. The average Bonchev–Trinajstić information content (AvgIpc) is 3.07. The molecule has 0 spiro atoms. The summed E-state index contributed by atoms with van der Waals surface area (Å²) >= 11 is 2.63. The number of amides is 2. The van der Waals surface area contributed by atoms with E-state index in [0.29, 0.717) is 11.3 Å². The number of carbonyl (C=O) groups is 2. The highest BCUT2D eigenvalue weighted by atomic mass is 32.2. The van der Waals surface area contributed by atoms with Gasteiger partial charge in [-0.05, 0) is 24.3 Å². The van der Waals surface area contributed by atoms with Crippen LogP contribution in [0.3, 0.4) is 0 Å². The van der Waals surface area contributed by atoms with Crippen LogP contribution in [0.4, 0.5) is 4.39 Å². The molecule has 3 rings (SSSR count). The fourth-order valence-corrected chi connectivity index (χ4v) is 3.90. The zero-order valence-corrected chi connectivity index (χ0v) is 15.3. The molecule has 2 amide bonds. The Kier molecular flexibility index (Phi) is 6.19. The fourth-order valence-electron chi connectivity index (χ4n) is 2.19. The van der Waals surface area contributed by atoms with Gasteiger partial charge in [0, 0.05) is 17.7 Å². The molecule has 0 saturated heterocycles. The number of nitrogens with zero attached hydrogens (tertiary/aromatic N) is 1. The maximum atomic E-state index is 13.5. The predicted molar refractivity (Wildman–Crippen MR) is 101 cm³/mol. The SMILES string of the molecule is O=C(CCc1nc2ccccc2s1)NNC(=O)CSc1ccccc1F. The summed E-state index contributed by atoms with van der Waals surface area (Å²) in [5.41, 5.74) is 5.63. The summed E-state index contributed by atoms with van der Waals surface area (Å²) in [6.45, 7) is 0. The summed E-state index contributed by atoms with van der Waals surface area (Å²) in [6.07, 6.45) is 0.728. The summed E-state index contributed by atoms with van der Waals surface area (Å²) in [5.74, 6) is -1.05. The van der Waals surface area contributed by atoms with Crippen LogP contribution in [0.15, 0.2) is 53.4 Å². The predicted octanol–water partition coefficient (Wildman–Crippen LogP) is 3.31. The Balaban J connectivity index is 1.39. The molecule has 0 unspecified atom stereocenters. The fraction of sp³-hybridized carbons (Fsp3) is 0.167. The third-order valence-corrected chi connectivity index (χ3v) is 5.59. The Labute approximate surface area is 158 Å². The van der Waals surface area contributed by atoms with Gasteiger partial charge in [0.2, 0.25) is 11.8 Å². The molecule has 0 radical (unpaired) electrons. The van der Waals surface area contributed by atoms with Crippen molar-refractivity contribution < 1.29 is 14.0 Å². The van der Waals surface area contributed by atoms with Gasteiger partial charge >= 0.3 is 0 Å². The quantitative estimate of drug-likeness (QED) is 0.501. The number of nitrogens with one attached hydrogen (secondary N) is 2. The van der Waals surface area contributed by atoms with E-state index in [1.165, 1.54) is 6.07 Å². The number of para-hydroxylation sites is 1. The van der Waals surface area contributed by atoms with Crippen molar-refractivity contribution in [1.29, 1.82) is 0 Å². The van der Waals surface area contributed by atoms with Crippen molar-refractivity contribution >= 4 is 45.1 Å². The van der Waals surface area contributed by atoms with Gasteiger partial charge in [-0.2, -0.15) is 0 Å². The first-order valence-electron chi connectivity index (χ1n) is 7.91. The van der Waals surface area contributed by atoms with Crippen molar-refractivity contribution in [3.05, 3.63) is 59.4 Å². The van der Waals surface area contributed by atoms with Crippen LogP contribution in [0, 0.1) is 5.82 Å². The summed E-state index contributed by atoms with van der Waals surface area (Å²) in [7, 11) is 0. The maximum absolute atomic E-state index is 13.5. The number of halogens is 1. The van der Waals surface area contributed by atoms with Gasteiger partial charge in [-0.1, -0.05) is 24.3 Å². The number of hydrogen-bond acceptors (Lipinski definition) is 5. The highest BCUT2D eigenvalue weighted by Crippen LogP contribution is 2.22. The summed E-state index contributed by atoms with van der Waals surface area (Å²) in [4.78, 5) is 28.4. The van der Waals surface area contributed by atoms with Crippen molar-refractivity contribution in [2.24, 2.45) is 0 Å². The van der Waals surface area contributed by atoms with Crippen LogP contribution in [0.5, 0.6) is 0 Å². The van der Waals surface area contributed by atoms with Crippen LogP contribution in [-0.4, -0.2) is 22.6 Å². The lowest BCUT2D eigenvalue weighted by atomic mass is 10.3. The second kappa shape index (κ2) is 8.77. The second-order valence-electron chi connectivity index (χ2n) is 5.39. The lowest BCUT2D eigenvalue weighted by Gasteiger charge is -2.07. The molecule has 0 saturated carbocycles. The molecule has 5 nitrogen and oxygen atoms in total. The molecule has 0 atom stereocenters. The monoisotopic (exact) mass is 389 g/mol. The average molecular weight is 389 g/mol. The number of aryl methyl sites for hydroxylation is 1. The van der Waals surface area contributed by atoms with E-state index in [1.54, 1.807) is 29.5 Å². The molecule has 0 bridgehead atoms. The van der Waals surface area contributed by atoms with Gasteiger partial charge in [0.1, 0.15) is 5.82 Å². The van der Waals surface area contributed by atoms with Crippen LogP contribution in [-0.2, 0) is 16.0 Å². The third kappa shape index (κ3) is 5.03. The number of thioether (sulfide) groups is 1. The number of carbonyl (C=O) groups excluding carboxylic acids is 2. The van der Waals surface area contributed by atoms with Gasteiger partial charge in [0.05, 0.1) is 21.0 Å². The summed E-state index contributed by atoms with van der Waals surface area (Å²) < 4.78 is 14.6. The Hall–Kier alpha value is -2.45. The van der Waals surface area contributed by atoms with E-state index in [1.807, 2.05) is 24.3 Å². The van der Waals surface area contributed by atoms with Gasteiger partial charge in [0.25, 0.3) is 0 Å². The van der Waals surface area contributed by atoms with E-state index in [4.69, 9.17) is 0 Å². The standard InChI is InChI=1S/C18H16FN3O2S2/c19-12-5-1-3-7-14(12)25-11-17(24)22-21-16(23)9-10-18-20-13-6-2-4-8-15(13)26-18/h1-8H,9-11H2,(H,21,23)(H,22,24). The number of hydrazine groups is 1. The van der Waals surface area contributed by atoms with Crippen molar-refractivity contribution in [3.8, 4) is 0 Å². The van der Waals surface area contributed by atoms with Gasteiger partial charge < -0.3 is 0 Å². The molecule has 8 heteroatoms. The molecule has 0 aliphatic carbocycles. The van der Waals surface area contributed by atoms with E-state index in [2.05, 4.69) is 15.8 Å². The smallest absolute Gasteiger partial charge is 0.248 e. The van der Waals surface area contributed by atoms with E-state index in [0.717, 1.165) is 27.0 Å². The normalized spacial score (nSPS) is 10.7. The van der Waals surface area contributed by atoms with Gasteiger partial charge in [-0.3, -0.25) is 20.4 Å². The van der Waals surface area contributed by atoms with E-state index < -0.39 is 5.91 Å². The Morgan fingerprint density at radius 1 is 1.04 bits per heavy atom. The molecule has 26 heavy (non-hydrogen) atoms. The highest BCUT2D eigenvalue weighted by molar-refractivity contribution is 8.00. The van der Waals surface area contributed by atoms with Crippen molar-refractivity contribution in [1.82, 2.24) is 15.8 Å². The molecule has 2 aromatic carbocycles. The largest absolute Gasteiger partial charge is 0.273 e. The van der Waals surface area contributed by atoms with Crippen molar-refractivity contribution in [3.63, 3.8) is 0 Å². The topological polar surface area (TPSA) is 71.1 Å². The molecular weight excluding hydrogens is 373 g/mol. The lowest BCUT2D eigenvalue weighted by Crippen LogP contribution is -2.42. The number of hydrogen-bond donors (Lipinski definition) is 2. The Bertz CT molecular complexity index is 896. The first kappa shape index (κ1) is 18.3. The van der Waals surface area contributed by atoms with Crippen LogP contribution in [0.1, 0.15) is 11.4 Å². The minimum absolute atomic E-state index is 0.0130. The first-order valence-corrected chi connectivity index (χ1v) is 9.71. The Morgan fingerprint density at radius 2 is 1.77 bits per heavy atom. The summed E-state index contributed by atoms with van der Waals surface area (Å²) in [5, 5.41) is 0.878. The van der Waals surface area contributed by atoms with Gasteiger partial charge in [-0.25, -0.2) is 9.37 Å². The van der Waals surface area contributed by atoms with Crippen LogP contribution in [0.25, 0.3) is 10.2 Å². The zero-order valence-electron chi connectivity index (χ0n) is 13.7. The second-order valence-corrected chi connectivity index (χ2v) is 7.52. The highest BCUT2D eigenvalue weighted by Gasteiger charge is 2.09. The van der Waals surface area contributed by atoms with Gasteiger partial charge in [0.15, 0.2) is 0 Å². The molecule has 0 aliphatic heterocycles. The molecule has 0 fully saturated rings. The third-order valence-electron chi connectivity index (χ3n) is 3.44. The minimum Gasteiger partial charge on any atom is -0.273 e. The number of rotatable bonds is 6. The minimum atomic E-state index is -0.397. The zero-order chi connectivity index (χ0) is 18.4. The maximum Gasteiger partial charge on any atom is 0.248 e. The van der Waals surface area contributed by atoms with Crippen LogP contribution < -0.4 is 10.9 Å². The van der Waals surface area contributed by atoms with Crippen molar-refractivity contribution in [2.75, 3.05) is 5.75 Å². The number of fused-ring (bicyclic) bond motifs is 1. The van der Waals surface area contributed by atoms with Gasteiger partial charge in [-0.15, -0.1) is 23.1 Å². The Morgan fingerprint density at radius 3 is 2.58 bits per heavy atom. The van der Waals surface area contributed by atoms with Crippen LogP contribution >= 0.6 is 23.1 Å². The molecule has 2 N–H and O–H groups in total. The molecule has 1 heterocycles. The number of aromatic nitrogens is 1. The lowest BCUT2D eigenvalue weighted by molar-refractivity contribution is -0.127. The van der Waals surface area contributed by atoms with Crippen LogP contribution in [0.2, 0.25) is 0 Å². The molecule has 134 valence electrons. The van der Waals surface area contributed by atoms with Crippen molar-refractivity contribution in [2.45, 2.75) is 17.7 Å². The molecular formula is C18H16FN3O2S2. The molecule has 0 aliphatic rings. The van der Waals surface area contributed by atoms with E-state index >= 15 is 0 Å². The van der Waals surface area contributed by atoms with E-state index in [-0.39, 0.29) is 23.9 Å². The number of thiazole rings is 1. The number of benzene rings is 2. The first-order chi connectivity index (χ1) is 12.6. The molecule has 3 aromatic rings.